The molecule has 0 aromatic rings. The highest BCUT2D eigenvalue weighted by atomic mass is 19.1. The third kappa shape index (κ3) is 1.17. The topological polar surface area (TPSA) is 18.5 Å². The fraction of sp³-hybridized carbons (Fsp3) is 1.00. The summed E-state index contributed by atoms with van der Waals surface area (Å²) in [6.45, 7) is 1.72. The lowest BCUT2D eigenvalue weighted by atomic mass is 10.4. The van der Waals surface area contributed by atoms with Crippen molar-refractivity contribution in [1.82, 2.24) is 0 Å². The van der Waals surface area contributed by atoms with Crippen molar-refractivity contribution in [3.8, 4) is 0 Å². The van der Waals surface area contributed by atoms with Gasteiger partial charge in [-0.1, -0.05) is 0 Å². The molecule has 0 aromatic carbocycles. The zero-order valence-corrected chi connectivity index (χ0v) is 4.76. The lowest BCUT2D eigenvalue weighted by molar-refractivity contribution is -0.0453. The summed E-state index contributed by atoms with van der Waals surface area (Å²) in [7, 11) is 0. The number of ether oxygens (including phenoxy) is 2. The highest BCUT2D eigenvalue weighted by Crippen LogP contribution is 2.09. The first-order valence-electron chi connectivity index (χ1n) is 2.66. The van der Waals surface area contributed by atoms with Gasteiger partial charge in [-0.3, -0.25) is 0 Å². The van der Waals surface area contributed by atoms with E-state index in [0.29, 0.717) is 6.61 Å². The molecule has 2 nitrogen and oxygen atoms in total. The van der Waals surface area contributed by atoms with Gasteiger partial charge in [-0.05, 0) is 6.92 Å². The molecular formula is C5H9FO2. The van der Waals surface area contributed by atoms with Crippen LogP contribution in [0.4, 0.5) is 4.39 Å². The minimum atomic E-state index is -0.440. The third-order valence-corrected chi connectivity index (χ3v) is 1.07. The predicted octanol–water partition coefficient (Wildman–Crippen LogP) is 0.717. The summed E-state index contributed by atoms with van der Waals surface area (Å²) < 4.78 is 21.5. The van der Waals surface area contributed by atoms with Gasteiger partial charge in [0.25, 0.3) is 0 Å². The van der Waals surface area contributed by atoms with Crippen molar-refractivity contribution < 1.29 is 13.9 Å². The van der Waals surface area contributed by atoms with Crippen LogP contribution in [0.2, 0.25) is 0 Å². The molecule has 1 fully saturated rings. The maximum Gasteiger partial charge on any atom is 0.155 e. The first-order valence-corrected chi connectivity index (χ1v) is 2.66. The summed E-state index contributed by atoms with van der Waals surface area (Å²) >= 11 is 0. The van der Waals surface area contributed by atoms with E-state index in [1.54, 1.807) is 6.92 Å². The minimum Gasteiger partial charge on any atom is -0.350 e. The van der Waals surface area contributed by atoms with Crippen LogP contribution in [-0.2, 0) is 9.47 Å². The molecule has 1 aliphatic heterocycles. The van der Waals surface area contributed by atoms with Crippen LogP contribution in [-0.4, -0.2) is 25.7 Å². The van der Waals surface area contributed by atoms with Crippen molar-refractivity contribution in [2.45, 2.75) is 19.3 Å². The van der Waals surface area contributed by atoms with E-state index >= 15 is 0 Å². The van der Waals surface area contributed by atoms with Crippen molar-refractivity contribution in [2.75, 3.05) is 13.3 Å². The quantitative estimate of drug-likeness (QED) is 0.507. The zero-order valence-electron chi connectivity index (χ0n) is 4.76. The fourth-order valence-corrected chi connectivity index (χ4v) is 0.673. The molecule has 0 N–H and O–H groups in total. The summed E-state index contributed by atoms with van der Waals surface area (Å²) in [5.74, 6) is 0. The number of hydrogen-bond donors (Lipinski definition) is 0. The number of alkyl halides is 1. The molecule has 0 saturated carbocycles. The second-order valence-electron chi connectivity index (χ2n) is 1.81. The summed E-state index contributed by atoms with van der Waals surface area (Å²) in [6, 6.07) is 0. The largest absolute Gasteiger partial charge is 0.350 e. The van der Waals surface area contributed by atoms with Gasteiger partial charge in [-0.15, -0.1) is 0 Å². The molecule has 1 rings (SSSR count). The molecule has 0 radical (unpaired) electrons. The molecule has 48 valence electrons. The van der Waals surface area contributed by atoms with E-state index in [2.05, 4.69) is 0 Å². The normalized spacial score (nSPS) is 38.2. The Morgan fingerprint density at radius 1 is 1.75 bits per heavy atom. The Balaban J connectivity index is 2.22. The second kappa shape index (κ2) is 2.42. The average Bonchev–Trinajstić information content (AvgIpc) is 2.14. The maximum atomic E-state index is 11.7. The van der Waals surface area contributed by atoms with Gasteiger partial charge in [-0.2, -0.15) is 0 Å². The average molecular weight is 120 g/mol. The molecule has 0 aromatic heterocycles. The van der Waals surface area contributed by atoms with Crippen LogP contribution < -0.4 is 0 Å². The Bertz CT molecular complexity index is 76.8. The van der Waals surface area contributed by atoms with E-state index in [9.17, 15) is 4.39 Å². The fourth-order valence-electron chi connectivity index (χ4n) is 0.673. The van der Waals surface area contributed by atoms with Crippen molar-refractivity contribution in [1.29, 1.82) is 0 Å². The van der Waals surface area contributed by atoms with Crippen molar-refractivity contribution in [3.05, 3.63) is 0 Å². The van der Waals surface area contributed by atoms with Crippen LogP contribution >= 0.6 is 0 Å². The first-order chi connectivity index (χ1) is 3.83. The molecule has 8 heavy (non-hydrogen) atoms. The molecule has 0 bridgehead atoms. The standard InChI is InChI=1S/C5H9FO2/c1-4-7-3-5(2-6)8-4/h4-5H,2-3H2,1H3. The molecule has 1 aliphatic rings. The Morgan fingerprint density at radius 2 is 2.50 bits per heavy atom. The van der Waals surface area contributed by atoms with Gasteiger partial charge in [0.15, 0.2) is 6.29 Å². The number of rotatable bonds is 1. The molecule has 2 unspecified atom stereocenters. The first kappa shape index (κ1) is 5.98. The van der Waals surface area contributed by atoms with E-state index in [4.69, 9.17) is 9.47 Å². The third-order valence-electron chi connectivity index (χ3n) is 1.07. The van der Waals surface area contributed by atoms with Gasteiger partial charge in [-0.25, -0.2) is 4.39 Å². The van der Waals surface area contributed by atoms with Crippen molar-refractivity contribution in [3.63, 3.8) is 0 Å². The monoisotopic (exact) mass is 120 g/mol. The van der Waals surface area contributed by atoms with Gasteiger partial charge in [0.05, 0.1) is 6.61 Å². The Kier molecular flexibility index (Phi) is 1.81. The van der Waals surface area contributed by atoms with E-state index < -0.39 is 6.67 Å². The summed E-state index contributed by atoms with van der Waals surface area (Å²) in [5.41, 5.74) is 0. The maximum absolute atomic E-state index is 11.7. The Morgan fingerprint density at radius 3 is 2.75 bits per heavy atom. The van der Waals surface area contributed by atoms with Crippen LogP contribution in [0, 0.1) is 0 Å². The van der Waals surface area contributed by atoms with Crippen LogP contribution in [0.3, 0.4) is 0 Å². The highest BCUT2D eigenvalue weighted by Gasteiger charge is 2.21. The predicted molar refractivity (Wildman–Crippen MR) is 26.3 cm³/mol. The lowest BCUT2D eigenvalue weighted by Crippen LogP contribution is -2.12. The van der Waals surface area contributed by atoms with E-state index in [-0.39, 0.29) is 12.4 Å². The van der Waals surface area contributed by atoms with Gasteiger partial charge in [0, 0.05) is 0 Å². The molecule has 3 heteroatoms. The molecule has 0 amide bonds. The van der Waals surface area contributed by atoms with E-state index in [1.807, 2.05) is 0 Å². The SMILES string of the molecule is CC1OCC(CF)O1. The summed E-state index contributed by atoms with van der Waals surface area (Å²) in [5, 5.41) is 0. The van der Waals surface area contributed by atoms with Gasteiger partial charge < -0.3 is 9.47 Å². The second-order valence-corrected chi connectivity index (χ2v) is 1.81. The van der Waals surface area contributed by atoms with Crippen LogP contribution in [0.5, 0.6) is 0 Å². The van der Waals surface area contributed by atoms with Crippen molar-refractivity contribution in [2.24, 2.45) is 0 Å². The van der Waals surface area contributed by atoms with Gasteiger partial charge in [0.1, 0.15) is 12.8 Å². The lowest BCUT2D eigenvalue weighted by Gasteiger charge is -2.00. The highest BCUT2D eigenvalue weighted by molar-refractivity contribution is 4.60. The molecule has 1 saturated heterocycles. The summed E-state index contributed by atoms with van der Waals surface area (Å²) in [4.78, 5) is 0. The van der Waals surface area contributed by atoms with Gasteiger partial charge in [0.2, 0.25) is 0 Å². The van der Waals surface area contributed by atoms with E-state index in [1.165, 1.54) is 0 Å². The summed E-state index contributed by atoms with van der Waals surface area (Å²) in [6.07, 6.45) is -0.527. The molecule has 1 heterocycles. The smallest absolute Gasteiger partial charge is 0.155 e. The van der Waals surface area contributed by atoms with E-state index in [0.717, 1.165) is 0 Å². The molecule has 0 aliphatic carbocycles. The van der Waals surface area contributed by atoms with Gasteiger partial charge >= 0.3 is 0 Å². The van der Waals surface area contributed by atoms with Crippen LogP contribution in [0.1, 0.15) is 6.92 Å². The number of hydrogen-bond acceptors (Lipinski definition) is 2. The number of halogens is 1. The minimum absolute atomic E-state index is 0.212. The Labute approximate surface area is 47.6 Å². The molecular weight excluding hydrogens is 111 g/mol. The van der Waals surface area contributed by atoms with Crippen LogP contribution in [0.25, 0.3) is 0 Å². The van der Waals surface area contributed by atoms with Crippen molar-refractivity contribution >= 4 is 0 Å². The van der Waals surface area contributed by atoms with Crippen LogP contribution in [0.15, 0.2) is 0 Å². The molecule has 0 spiro atoms. The Hall–Kier alpha value is -0.150. The zero-order chi connectivity index (χ0) is 5.98. The molecule has 2 atom stereocenters.